The lowest BCUT2D eigenvalue weighted by atomic mass is 10.3. The Kier molecular flexibility index (Phi) is 5.70. The molecular formula is C16H14F2N2O2S. The first-order chi connectivity index (χ1) is 11.0. The Morgan fingerprint density at radius 1 is 1.04 bits per heavy atom. The van der Waals surface area contributed by atoms with Gasteiger partial charge in [-0.3, -0.25) is 10.1 Å². The fourth-order valence-corrected chi connectivity index (χ4v) is 2.60. The van der Waals surface area contributed by atoms with Crippen molar-refractivity contribution in [1.29, 1.82) is 0 Å². The molecule has 4 nitrogen and oxygen atoms in total. The van der Waals surface area contributed by atoms with E-state index in [0.29, 0.717) is 10.6 Å². The number of imide groups is 1. The molecule has 3 amide bonds. The van der Waals surface area contributed by atoms with E-state index in [9.17, 15) is 18.4 Å². The molecule has 0 aromatic heterocycles. The lowest BCUT2D eigenvalue weighted by Crippen LogP contribution is -2.38. The molecule has 7 heteroatoms. The predicted molar refractivity (Wildman–Crippen MR) is 85.3 cm³/mol. The number of thioether (sulfide) groups is 1. The van der Waals surface area contributed by atoms with Crippen molar-refractivity contribution < 1.29 is 18.4 Å². The van der Waals surface area contributed by atoms with Crippen molar-refractivity contribution in [2.24, 2.45) is 0 Å². The SMILES string of the molecule is CC(Sc1ccc(F)c(F)c1)C(=O)NC(=O)Nc1ccccc1. The standard InChI is InChI=1S/C16H14F2N2O2S/c1-10(23-12-7-8-13(17)14(18)9-12)15(21)20-16(22)19-11-5-3-2-4-6-11/h2-10H,1H3,(H2,19,20,21,22). The quantitative estimate of drug-likeness (QED) is 0.835. The lowest BCUT2D eigenvalue weighted by molar-refractivity contribution is -0.119. The van der Waals surface area contributed by atoms with Crippen LogP contribution in [0.15, 0.2) is 53.4 Å². The molecule has 120 valence electrons. The van der Waals surface area contributed by atoms with E-state index in [2.05, 4.69) is 10.6 Å². The van der Waals surface area contributed by atoms with Gasteiger partial charge in [0.2, 0.25) is 5.91 Å². The molecule has 0 fully saturated rings. The fourth-order valence-electron chi connectivity index (χ4n) is 1.71. The third-order valence-electron chi connectivity index (χ3n) is 2.84. The van der Waals surface area contributed by atoms with Gasteiger partial charge in [0.1, 0.15) is 0 Å². The maximum absolute atomic E-state index is 13.1. The highest BCUT2D eigenvalue weighted by molar-refractivity contribution is 8.00. The fraction of sp³-hybridized carbons (Fsp3) is 0.125. The number of amides is 3. The van der Waals surface area contributed by atoms with Crippen molar-refractivity contribution in [3.05, 3.63) is 60.2 Å². The van der Waals surface area contributed by atoms with Crippen LogP contribution in [0.2, 0.25) is 0 Å². The second-order valence-electron chi connectivity index (χ2n) is 4.65. The van der Waals surface area contributed by atoms with Crippen LogP contribution in [0.4, 0.5) is 19.3 Å². The van der Waals surface area contributed by atoms with Crippen LogP contribution in [0.1, 0.15) is 6.92 Å². The minimum Gasteiger partial charge on any atom is -0.308 e. The zero-order chi connectivity index (χ0) is 16.8. The molecule has 1 atom stereocenters. The second-order valence-corrected chi connectivity index (χ2v) is 6.06. The third kappa shape index (κ3) is 5.07. The van der Waals surface area contributed by atoms with Gasteiger partial charge < -0.3 is 5.32 Å². The summed E-state index contributed by atoms with van der Waals surface area (Å²) in [4.78, 5) is 24.1. The Labute approximate surface area is 136 Å². The molecule has 1 unspecified atom stereocenters. The number of hydrogen-bond donors (Lipinski definition) is 2. The summed E-state index contributed by atoms with van der Waals surface area (Å²) in [5.41, 5.74) is 0.554. The maximum atomic E-state index is 13.1. The van der Waals surface area contributed by atoms with Crippen LogP contribution in [0.3, 0.4) is 0 Å². The highest BCUT2D eigenvalue weighted by Gasteiger charge is 2.17. The number of halogens is 2. The number of anilines is 1. The van der Waals surface area contributed by atoms with E-state index in [1.54, 1.807) is 37.3 Å². The molecule has 0 saturated carbocycles. The zero-order valence-corrected chi connectivity index (χ0v) is 13.0. The van der Waals surface area contributed by atoms with Crippen molar-refractivity contribution >= 4 is 29.4 Å². The number of carbonyl (C=O) groups is 2. The number of para-hydroxylation sites is 1. The van der Waals surface area contributed by atoms with Gasteiger partial charge in [-0.05, 0) is 37.3 Å². The molecule has 2 N–H and O–H groups in total. The van der Waals surface area contributed by atoms with Crippen molar-refractivity contribution in [2.75, 3.05) is 5.32 Å². The smallest absolute Gasteiger partial charge is 0.308 e. The van der Waals surface area contributed by atoms with E-state index in [0.717, 1.165) is 23.9 Å². The molecule has 0 aliphatic carbocycles. The molecule has 2 rings (SSSR count). The highest BCUT2D eigenvalue weighted by atomic mass is 32.2. The van der Waals surface area contributed by atoms with Crippen molar-refractivity contribution in [3.63, 3.8) is 0 Å². The summed E-state index contributed by atoms with van der Waals surface area (Å²) in [5.74, 6) is -2.47. The largest absolute Gasteiger partial charge is 0.325 e. The van der Waals surface area contributed by atoms with E-state index < -0.39 is 28.8 Å². The molecule has 2 aromatic carbocycles. The first-order valence-electron chi connectivity index (χ1n) is 6.74. The van der Waals surface area contributed by atoms with Crippen LogP contribution in [-0.2, 0) is 4.79 Å². The molecule has 23 heavy (non-hydrogen) atoms. The van der Waals surface area contributed by atoms with Crippen LogP contribution in [0, 0.1) is 11.6 Å². The molecule has 0 aliphatic heterocycles. The monoisotopic (exact) mass is 336 g/mol. The molecular weight excluding hydrogens is 322 g/mol. The lowest BCUT2D eigenvalue weighted by Gasteiger charge is -2.12. The number of urea groups is 1. The summed E-state index contributed by atoms with van der Waals surface area (Å²) < 4.78 is 26.0. The highest BCUT2D eigenvalue weighted by Crippen LogP contribution is 2.24. The average Bonchev–Trinajstić information content (AvgIpc) is 2.51. The van der Waals surface area contributed by atoms with Gasteiger partial charge in [0.15, 0.2) is 11.6 Å². The van der Waals surface area contributed by atoms with Crippen LogP contribution in [-0.4, -0.2) is 17.2 Å². The van der Waals surface area contributed by atoms with Crippen LogP contribution in [0.25, 0.3) is 0 Å². The van der Waals surface area contributed by atoms with Gasteiger partial charge in [-0.25, -0.2) is 13.6 Å². The Morgan fingerprint density at radius 2 is 1.74 bits per heavy atom. The normalized spacial score (nSPS) is 11.6. The molecule has 0 saturated heterocycles. The molecule has 0 radical (unpaired) electrons. The van der Waals surface area contributed by atoms with Crippen LogP contribution in [0.5, 0.6) is 0 Å². The summed E-state index contributed by atoms with van der Waals surface area (Å²) in [7, 11) is 0. The third-order valence-corrected chi connectivity index (χ3v) is 3.94. The van der Waals surface area contributed by atoms with Gasteiger partial charge in [-0.1, -0.05) is 18.2 Å². The van der Waals surface area contributed by atoms with Crippen molar-refractivity contribution in [1.82, 2.24) is 5.32 Å². The summed E-state index contributed by atoms with van der Waals surface area (Å²) in [6.45, 7) is 1.57. The molecule has 0 spiro atoms. The summed E-state index contributed by atoms with van der Waals surface area (Å²) in [6.07, 6.45) is 0. The van der Waals surface area contributed by atoms with Gasteiger partial charge in [0.05, 0.1) is 5.25 Å². The Balaban J connectivity index is 1.89. The molecule has 0 bridgehead atoms. The first kappa shape index (κ1) is 17.0. The van der Waals surface area contributed by atoms with Gasteiger partial charge in [-0.15, -0.1) is 11.8 Å². The van der Waals surface area contributed by atoms with Gasteiger partial charge in [0, 0.05) is 10.6 Å². The number of nitrogens with one attached hydrogen (secondary N) is 2. The van der Waals surface area contributed by atoms with Crippen LogP contribution >= 0.6 is 11.8 Å². The number of carbonyl (C=O) groups excluding carboxylic acids is 2. The number of rotatable bonds is 4. The number of hydrogen-bond acceptors (Lipinski definition) is 3. The molecule has 0 heterocycles. The van der Waals surface area contributed by atoms with Crippen LogP contribution < -0.4 is 10.6 Å². The van der Waals surface area contributed by atoms with Gasteiger partial charge in [0.25, 0.3) is 0 Å². The van der Waals surface area contributed by atoms with Gasteiger partial charge >= 0.3 is 6.03 Å². The average molecular weight is 336 g/mol. The van der Waals surface area contributed by atoms with E-state index in [4.69, 9.17) is 0 Å². The second kappa shape index (κ2) is 7.73. The maximum Gasteiger partial charge on any atom is 0.325 e. The summed E-state index contributed by atoms with van der Waals surface area (Å²) in [5, 5.41) is 4.06. The minimum absolute atomic E-state index is 0.398. The zero-order valence-electron chi connectivity index (χ0n) is 12.2. The predicted octanol–water partition coefficient (Wildman–Crippen LogP) is 3.79. The summed E-state index contributed by atoms with van der Waals surface area (Å²) in [6, 6.07) is 11.4. The molecule has 2 aromatic rings. The van der Waals surface area contributed by atoms with E-state index in [1.807, 2.05) is 0 Å². The Morgan fingerprint density at radius 3 is 2.39 bits per heavy atom. The van der Waals surface area contributed by atoms with Crippen molar-refractivity contribution in [2.45, 2.75) is 17.1 Å². The van der Waals surface area contributed by atoms with Gasteiger partial charge in [-0.2, -0.15) is 0 Å². The Bertz CT molecular complexity index is 710. The summed E-state index contributed by atoms with van der Waals surface area (Å²) >= 11 is 1.02. The first-order valence-corrected chi connectivity index (χ1v) is 7.62. The Hall–Kier alpha value is -2.41. The van der Waals surface area contributed by atoms with E-state index >= 15 is 0 Å². The molecule has 0 aliphatic rings. The minimum atomic E-state index is -0.982. The topological polar surface area (TPSA) is 58.2 Å². The van der Waals surface area contributed by atoms with E-state index in [-0.39, 0.29) is 0 Å². The van der Waals surface area contributed by atoms with Crippen molar-refractivity contribution in [3.8, 4) is 0 Å². The van der Waals surface area contributed by atoms with E-state index in [1.165, 1.54) is 6.07 Å². The number of benzene rings is 2.